The average Bonchev–Trinajstić information content (AvgIpc) is 2.97. The Morgan fingerprint density at radius 3 is 2.30 bits per heavy atom. The van der Waals surface area contributed by atoms with Crippen LogP contribution < -0.4 is 5.32 Å². The predicted molar refractivity (Wildman–Crippen MR) is 92.7 cm³/mol. The van der Waals surface area contributed by atoms with Crippen LogP contribution in [0.5, 0.6) is 0 Å². The number of aliphatic carboxylic acids is 1. The summed E-state index contributed by atoms with van der Waals surface area (Å²) in [5, 5.41) is 12.1. The van der Waals surface area contributed by atoms with Gasteiger partial charge < -0.3 is 10.4 Å². The molecule has 0 aromatic heterocycles. The summed E-state index contributed by atoms with van der Waals surface area (Å²) in [7, 11) is 0. The van der Waals surface area contributed by atoms with Crippen LogP contribution in [0.3, 0.4) is 0 Å². The van der Waals surface area contributed by atoms with Crippen LogP contribution in [0.2, 0.25) is 0 Å². The van der Waals surface area contributed by atoms with Gasteiger partial charge in [-0.3, -0.25) is 9.59 Å². The standard InChI is InChI=1S/C18H25NO3S/c1-13-6-8-14(9-7-13)23-18(10-4-5-11-18)15(20)19-12-17(2,3)16(21)22/h6-9H,4-5,10-12H2,1-3H3,(H,19,20)(H,21,22). The minimum Gasteiger partial charge on any atom is -0.481 e. The Labute approximate surface area is 142 Å². The molecule has 4 nitrogen and oxygen atoms in total. The first-order valence-corrected chi connectivity index (χ1v) is 8.84. The SMILES string of the molecule is Cc1ccc(SC2(C(=O)NCC(C)(C)C(=O)O)CCCC2)cc1. The van der Waals surface area contributed by atoms with Crippen LogP contribution in [0.25, 0.3) is 0 Å². The van der Waals surface area contributed by atoms with E-state index >= 15 is 0 Å². The van der Waals surface area contributed by atoms with E-state index in [1.165, 1.54) is 5.56 Å². The van der Waals surface area contributed by atoms with Crippen LogP contribution in [0.1, 0.15) is 45.1 Å². The third-order valence-electron chi connectivity index (χ3n) is 4.43. The molecular weight excluding hydrogens is 310 g/mol. The largest absolute Gasteiger partial charge is 0.481 e. The third-order valence-corrected chi connectivity index (χ3v) is 5.92. The van der Waals surface area contributed by atoms with Crippen LogP contribution in [-0.2, 0) is 9.59 Å². The van der Waals surface area contributed by atoms with E-state index in [0.717, 1.165) is 30.6 Å². The smallest absolute Gasteiger partial charge is 0.310 e. The Balaban J connectivity index is 2.09. The molecule has 1 aliphatic carbocycles. The molecule has 0 atom stereocenters. The van der Waals surface area contributed by atoms with Gasteiger partial charge in [0.1, 0.15) is 0 Å². The lowest BCUT2D eigenvalue weighted by molar-refractivity contribution is -0.146. The highest BCUT2D eigenvalue weighted by Crippen LogP contribution is 2.45. The minimum absolute atomic E-state index is 0.0325. The first-order valence-electron chi connectivity index (χ1n) is 8.03. The first kappa shape index (κ1) is 17.9. The Hall–Kier alpha value is -1.49. The van der Waals surface area contributed by atoms with Crippen LogP contribution in [-0.4, -0.2) is 28.3 Å². The highest BCUT2D eigenvalue weighted by atomic mass is 32.2. The number of benzene rings is 1. The zero-order chi connectivity index (χ0) is 17.1. The number of amides is 1. The normalized spacial score (nSPS) is 17.0. The van der Waals surface area contributed by atoms with Gasteiger partial charge in [-0.1, -0.05) is 30.5 Å². The summed E-state index contributed by atoms with van der Waals surface area (Å²) in [5.41, 5.74) is 0.242. The Bertz CT molecular complexity index is 574. The van der Waals surface area contributed by atoms with E-state index in [1.54, 1.807) is 25.6 Å². The molecule has 1 amide bonds. The Kier molecular flexibility index (Phi) is 5.40. The lowest BCUT2D eigenvalue weighted by Gasteiger charge is -2.29. The summed E-state index contributed by atoms with van der Waals surface area (Å²) in [6, 6.07) is 8.20. The highest BCUT2D eigenvalue weighted by molar-refractivity contribution is 8.01. The fourth-order valence-electron chi connectivity index (χ4n) is 2.69. The van der Waals surface area contributed by atoms with Crippen molar-refractivity contribution in [2.45, 2.75) is 56.1 Å². The van der Waals surface area contributed by atoms with Crippen molar-refractivity contribution in [1.29, 1.82) is 0 Å². The minimum atomic E-state index is -0.954. The lowest BCUT2D eigenvalue weighted by Crippen LogP contribution is -2.47. The molecule has 23 heavy (non-hydrogen) atoms. The maximum atomic E-state index is 12.8. The molecule has 0 heterocycles. The van der Waals surface area contributed by atoms with Crippen molar-refractivity contribution in [2.75, 3.05) is 6.54 Å². The molecule has 0 aliphatic heterocycles. The summed E-state index contributed by atoms with van der Waals surface area (Å²) in [4.78, 5) is 25.1. The average molecular weight is 335 g/mol. The number of carboxylic acid groups (broad SMARTS) is 1. The molecule has 1 fully saturated rings. The Morgan fingerprint density at radius 2 is 1.78 bits per heavy atom. The molecular formula is C18H25NO3S. The van der Waals surface area contributed by atoms with Gasteiger partial charge in [-0.2, -0.15) is 0 Å². The summed E-state index contributed by atoms with van der Waals surface area (Å²) >= 11 is 1.61. The van der Waals surface area contributed by atoms with Gasteiger partial charge in [-0.05, 0) is 45.7 Å². The number of nitrogens with one attached hydrogen (secondary N) is 1. The van der Waals surface area contributed by atoms with Gasteiger partial charge in [0.25, 0.3) is 0 Å². The van der Waals surface area contributed by atoms with E-state index in [2.05, 4.69) is 29.6 Å². The number of thioether (sulfide) groups is 1. The summed E-state index contributed by atoms with van der Waals surface area (Å²) in [6.45, 7) is 5.45. The van der Waals surface area contributed by atoms with Gasteiger partial charge in [-0.15, -0.1) is 11.8 Å². The van der Waals surface area contributed by atoms with E-state index in [4.69, 9.17) is 0 Å². The van der Waals surface area contributed by atoms with Gasteiger partial charge in [0.15, 0.2) is 0 Å². The number of carbonyl (C=O) groups is 2. The van der Waals surface area contributed by atoms with Crippen molar-refractivity contribution in [3.8, 4) is 0 Å². The van der Waals surface area contributed by atoms with Crippen molar-refractivity contribution in [2.24, 2.45) is 5.41 Å². The van der Waals surface area contributed by atoms with Crippen molar-refractivity contribution in [1.82, 2.24) is 5.32 Å². The van der Waals surface area contributed by atoms with Crippen molar-refractivity contribution < 1.29 is 14.7 Å². The lowest BCUT2D eigenvalue weighted by atomic mass is 9.93. The van der Waals surface area contributed by atoms with Gasteiger partial charge in [-0.25, -0.2) is 0 Å². The van der Waals surface area contributed by atoms with E-state index in [-0.39, 0.29) is 12.5 Å². The number of hydrogen-bond donors (Lipinski definition) is 2. The molecule has 0 bridgehead atoms. The molecule has 5 heteroatoms. The van der Waals surface area contributed by atoms with Crippen molar-refractivity contribution in [3.63, 3.8) is 0 Å². The number of aryl methyl sites for hydroxylation is 1. The molecule has 0 unspecified atom stereocenters. The van der Waals surface area contributed by atoms with E-state index in [9.17, 15) is 14.7 Å². The molecule has 1 aromatic rings. The Morgan fingerprint density at radius 1 is 1.22 bits per heavy atom. The summed E-state index contributed by atoms with van der Waals surface area (Å²) in [6.07, 6.45) is 3.75. The first-order chi connectivity index (χ1) is 10.8. The second kappa shape index (κ2) is 6.95. The number of carbonyl (C=O) groups excluding carboxylic acids is 1. The van der Waals surface area contributed by atoms with Gasteiger partial charge >= 0.3 is 5.97 Å². The highest BCUT2D eigenvalue weighted by Gasteiger charge is 2.43. The molecule has 1 saturated carbocycles. The molecule has 0 radical (unpaired) electrons. The fourth-order valence-corrected chi connectivity index (χ4v) is 4.07. The van der Waals surface area contributed by atoms with E-state index in [0.29, 0.717) is 0 Å². The topological polar surface area (TPSA) is 66.4 Å². The van der Waals surface area contributed by atoms with Crippen molar-refractivity contribution in [3.05, 3.63) is 29.8 Å². The molecule has 0 saturated heterocycles. The quantitative estimate of drug-likeness (QED) is 0.833. The molecule has 126 valence electrons. The summed E-state index contributed by atoms with van der Waals surface area (Å²) in [5.74, 6) is -0.931. The zero-order valence-corrected chi connectivity index (χ0v) is 14.8. The second-order valence-corrected chi connectivity index (χ2v) is 8.45. The van der Waals surface area contributed by atoms with Gasteiger partial charge in [0.05, 0.1) is 10.2 Å². The number of carboxylic acids is 1. The fraction of sp³-hybridized carbons (Fsp3) is 0.556. The predicted octanol–water partition coefficient (Wildman–Crippen LogP) is 3.63. The number of hydrogen-bond acceptors (Lipinski definition) is 3. The molecule has 2 rings (SSSR count). The monoisotopic (exact) mass is 335 g/mol. The molecule has 2 N–H and O–H groups in total. The summed E-state index contributed by atoms with van der Waals surface area (Å²) < 4.78 is -0.468. The zero-order valence-electron chi connectivity index (χ0n) is 14.0. The maximum Gasteiger partial charge on any atom is 0.310 e. The van der Waals surface area contributed by atoms with E-state index < -0.39 is 16.1 Å². The van der Waals surface area contributed by atoms with E-state index in [1.807, 2.05) is 6.92 Å². The van der Waals surface area contributed by atoms with Crippen LogP contribution in [0, 0.1) is 12.3 Å². The molecule has 1 aromatic carbocycles. The van der Waals surface area contributed by atoms with Crippen LogP contribution >= 0.6 is 11.8 Å². The molecule has 1 aliphatic rings. The van der Waals surface area contributed by atoms with Gasteiger partial charge in [0, 0.05) is 11.4 Å². The second-order valence-electron chi connectivity index (χ2n) is 6.99. The van der Waals surface area contributed by atoms with Crippen LogP contribution in [0.15, 0.2) is 29.2 Å². The number of rotatable bonds is 6. The molecule has 0 spiro atoms. The third kappa shape index (κ3) is 4.28. The van der Waals surface area contributed by atoms with Crippen LogP contribution in [0.4, 0.5) is 0 Å². The van der Waals surface area contributed by atoms with Crippen molar-refractivity contribution >= 4 is 23.6 Å². The maximum absolute atomic E-state index is 12.8. The van der Waals surface area contributed by atoms with Gasteiger partial charge in [0.2, 0.25) is 5.91 Å².